The Labute approximate surface area is 153 Å². The Morgan fingerprint density at radius 1 is 1.25 bits per heavy atom. The minimum atomic E-state index is -0.455. The number of nitrogens with zero attached hydrogens (tertiary/aromatic N) is 2. The van der Waals surface area contributed by atoms with Gasteiger partial charge in [-0.2, -0.15) is 9.64 Å². The zero-order chi connectivity index (χ0) is 17.9. The Balaban J connectivity index is 2.06. The van der Waals surface area contributed by atoms with Crippen LogP contribution in [0.3, 0.4) is 0 Å². The van der Waals surface area contributed by atoms with E-state index in [0.29, 0.717) is 11.1 Å². The SMILES string of the molecule is CC(NC(=O)c1snc(Cl)c1Cl)C(C)C(=O)c1ccc(C#N)cc1. The van der Waals surface area contributed by atoms with Crippen LogP contribution in [0.1, 0.15) is 39.4 Å². The largest absolute Gasteiger partial charge is 0.348 e. The van der Waals surface area contributed by atoms with Crippen LogP contribution in [0.15, 0.2) is 24.3 Å². The van der Waals surface area contributed by atoms with Crippen molar-refractivity contribution in [2.45, 2.75) is 19.9 Å². The first-order valence-electron chi connectivity index (χ1n) is 7.01. The van der Waals surface area contributed by atoms with Crippen molar-refractivity contribution in [1.29, 1.82) is 5.26 Å². The number of aromatic nitrogens is 1. The fraction of sp³-hybridized carbons (Fsp3) is 0.250. The van der Waals surface area contributed by atoms with Gasteiger partial charge < -0.3 is 5.32 Å². The number of carbonyl (C=O) groups is 2. The molecule has 2 rings (SSSR count). The van der Waals surface area contributed by atoms with Crippen LogP contribution in [-0.2, 0) is 0 Å². The Morgan fingerprint density at radius 2 is 1.88 bits per heavy atom. The van der Waals surface area contributed by atoms with Crippen LogP contribution in [0, 0.1) is 17.2 Å². The summed E-state index contributed by atoms with van der Waals surface area (Å²) in [6.45, 7) is 3.47. The van der Waals surface area contributed by atoms with E-state index in [-0.39, 0.29) is 20.8 Å². The number of hydrogen-bond donors (Lipinski definition) is 1. The van der Waals surface area contributed by atoms with Gasteiger partial charge in [-0.05, 0) is 30.6 Å². The van der Waals surface area contributed by atoms with E-state index >= 15 is 0 Å². The smallest absolute Gasteiger partial charge is 0.264 e. The van der Waals surface area contributed by atoms with Gasteiger partial charge in [-0.1, -0.05) is 42.3 Å². The summed E-state index contributed by atoms with van der Waals surface area (Å²) in [6.07, 6.45) is 0. The van der Waals surface area contributed by atoms with Gasteiger partial charge in [0.1, 0.15) is 9.90 Å². The molecule has 0 radical (unpaired) electrons. The number of Topliss-reactive ketones (excluding diaryl/α,β-unsaturated/α-hetero) is 1. The Hall–Kier alpha value is -1.94. The van der Waals surface area contributed by atoms with E-state index in [1.807, 2.05) is 6.07 Å². The van der Waals surface area contributed by atoms with Crippen molar-refractivity contribution < 1.29 is 9.59 Å². The summed E-state index contributed by atoms with van der Waals surface area (Å²) >= 11 is 12.6. The van der Waals surface area contributed by atoms with E-state index in [1.54, 1.807) is 38.1 Å². The van der Waals surface area contributed by atoms with Gasteiger partial charge >= 0.3 is 0 Å². The second-order valence-corrected chi connectivity index (χ2v) is 6.73. The number of nitriles is 1. The second kappa shape index (κ2) is 7.75. The van der Waals surface area contributed by atoms with Crippen LogP contribution in [0.5, 0.6) is 0 Å². The maximum atomic E-state index is 12.5. The predicted molar refractivity (Wildman–Crippen MR) is 93.7 cm³/mol. The molecular formula is C16H13Cl2N3O2S. The highest BCUT2D eigenvalue weighted by molar-refractivity contribution is 7.09. The summed E-state index contributed by atoms with van der Waals surface area (Å²) in [6, 6.07) is 7.96. The molecule has 0 saturated carbocycles. The molecule has 0 fully saturated rings. The Bertz CT molecular complexity index is 812. The average Bonchev–Trinajstić information content (AvgIpc) is 2.92. The number of amides is 1. The Kier molecular flexibility index (Phi) is 5.94. The topological polar surface area (TPSA) is 82.8 Å². The van der Waals surface area contributed by atoms with E-state index in [2.05, 4.69) is 9.69 Å². The lowest BCUT2D eigenvalue weighted by molar-refractivity contribution is 0.0870. The lowest BCUT2D eigenvalue weighted by Gasteiger charge is -2.20. The van der Waals surface area contributed by atoms with Gasteiger partial charge in [-0.25, -0.2) is 0 Å². The number of ketones is 1. The maximum Gasteiger partial charge on any atom is 0.264 e. The zero-order valence-corrected chi connectivity index (χ0v) is 15.2. The number of benzene rings is 1. The summed E-state index contributed by atoms with van der Waals surface area (Å²) in [5, 5.41) is 11.7. The first-order chi connectivity index (χ1) is 11.3. The first-order valence-corrected chi connectivity index (χ1v) is 8.54. The molecule has 8 heteroatoms. The molecule has 2 aromatic rings. The molecule has 1 N–H and O–H groups in total. The van der Waals surface area contributed by atoms with Crippen molar-refractivity contribution in [3.63, 3.8) is 0 Å². The first kappa shape index (κ1) is 18.4. The molecule has 0 aliphatic carbocycles. The third kappa shape index (κ3) is 3.93. The zero-order valence-electron chi connectivity index (χ0n) is 12.8. The molecule has 1 aromatic heterocycles. The van der Waals surface area contributed by atoms with Crippen LogP contribution >= 0.6 is 34.7 Å². The molecule has 0 spiro atoms. The molecule has 124 valence electrons. The van der Waals surface area contributed by atoms with Crippen LogP contribution in [0.25, 0.3) is 0 Å². The second-order valence-electron chi connectivity index (χ2n) is 5.22. The molecular weight excluding hydrogens is 369 g/mol. The van der Waals surface area contributed by atoms with E-state index in [4.69, 9.17) is 28.5 Å². The lowest BCUT2D eigenvalue weighted by atomic mass is 9.93. The molecule has 1 aromatic carbocycles. The predicted octanol–water partition coefficient (Wildman–Crippen LogP) is 3.96. The molecule has 0 aliphatic heterocycles. The molecule has 1 heterocycles. The fourth-order valence-electron chi connectivity index (χ4n) is 2.00. The number of nitrogens with one attached hydrogen (secondary N) is 1. The van der Waals surface area contributed by atoms with Crippen molar-refractivity contribution in [3.05, 3.63) is 50.4 Å². The van der Waals surface area contributed by atoms with E-state index in [9.17, 15) is 9.59 Å². The van der Waals surface area contributed by atoms with Gasteiger partial charge in [0.2, 0.25) is 0 Å². The summed E-state index contributed by atoms with van der Waals surface area (Å²) in [5.74, 6) is -0.999. The van der Waals surface area contributed by atoms with Gasteiger partial charge in [0.15, 0.2) is 10.9 Å². The molecule has 0 aliphatic rings. The summed E-state index contributed by atoms with van der Waals surface area (Å²) in [4.78, 5) is 24.9. The molecule has 2 atom stereocenters. The van der Waals surface area contributed by atoms with Crippen LogP contribution in [-0.4, -0.2) is 22.1 Å². The summed E-state index contributed by atoms with van der Waals surface area (Å²) in [5.41, 5.74) is 0.971. The Morgan fingerprint density at radius 3 is 2.38 bits per heavy atom. The number of rotatable bonds is 5. The van der Waals surface area contributed by atoms with Gasteiger partial charge in [0.25, 0.3) is 5.91 Å². The van der Waals surface area contributed by atoms with Crippen LogP contribution in [0.2, 0.25) is 10.2 Å². The minimum Gasteiger partial charge on any atom is -0.348 e. The monoisotopic (exact) mass is 381 g/mol. The molecule has 5 nitrogen and oxygen atoms in total. The minimum absolute atomic E-state index is 0.0844. The molecule has 0 saturated heterocycles. The number of carbonyl (C=O) groups excluding carboxylic acids is 2. The number of halogens is 2. The van der Waals surface area contributed by atoms with Crippen molar-refractivity contribution >= 4 is 46.4 Å². The third-order valence-corrected chi connectivity index (χ3v) is 5.42. The highest BCUT2D eigenvalue weighted by atomic mass is 35.5. The van der Waals surface area contributed by atoms with E-state index in [0.717, 1.165) is 11.5 Å². The van der Waals surface area contributed by atoms with Crippen LogP contribution < -0.4 is 5.32 Å². The van der Waals surface area contributed by atoms with Crippen LogP contribution in [0.4, 0.5) is 0 Å². The highest BCUT2D eigenvalue weighted by Crippen LogP contribution is 2.28. The lowest BCUT2D eigenvalue weighted by Crippen LogP contribution is -2.40. The maximum absolute atomic E-state index is 12.5. The van der Waals surface area contributed by atoms with Crippen molar-refractivity contribution in [2.24, 2.45) is 5.92 Å². The van der Waals surface area contributed by atoms with Gasteiger partial charge in [0, 0.05) is 17.5 Å². The molecule has 0 bridgehead atoms. The molecule has 2 unspecified atom stereocenters. The van der Waals surface area contributed by atoms with Gasteiger partial charge in [0.05, 0.1) is 11.6 Å². The standard InChI is InChI=1S/C16H13Cl2N3O2S/c1-8(13(22)11-5-3-10(7-19)4-6-11)9(2)20-16(23)14-12(17)15(18)21-24-14/h3-6,8-9H,1-2H3,(H,20,23). The quantitative estimate of drug-likeness (QED) is 0.794. The normalized spacial score (nSPS) is 13.0. The molecule has 24 heavy (non-hydrogen) atoms. The van der Waals surface area contributed by atoms with E-state index in [1.165, 1.54) is 0 Å². The third-order valence-electron chi connectivity index (χ3n) is 3.62. The summed E-state index contributed by atoms with van der Waals surface area (Å²) in [7, 11) is 0. The van der Waals surface area contributed by atoms with Gasteiger partial charge in [-0.3, -0.25) is 9.59 Å². The fourth-order valence-corrected chi connectivity index (χ4v) is 3.11. The van der Waals surface area contributed by atoms with E-state index < -0.39 is 17.9 Å². The van der Waals surface area contributed by atoms with Crippen molar-refractivity contribution in [2.75, 3.05) is 0 Å². The molecule has 1 amide bonds. The summed E-state index contributed by atoms with van der Waals surface area (Å²) < 4.78 is 3.81. The highest BCUT2D eigenvalue weighted by Gasteiger charge is 2.25. The van der Waals surface area contributed by atoms with Gasteiger partial charge in [-0.15, -0.1) is 0 Å². The average molecular weight is 382 g/mol. The van der Waals surface area contributed by atoms with Crippen molar-refractivity contribution in [3.8, 4) is 6.07 Å². The number of hydrogen-bond acceptors (Lipinski definition) is 5. The van der Waals surface area contributed by atoms with Crippen molar-refractivity contribution in [1.82, 2.24) is 9.69 Å².